The summed E-state index contributed by atoms with van der Waals surface area (Å²) in [6.45, 7) is 43.4. The molecule has 0 heterocycles. The summed E-state index contributed by atoms with van der Waals surface area (Å²) in [5.74, 6) is 0. The normalized spacial score (nSPS) is 14.4. The maximum Gasteiger partial charge on any atom is 0.0915 e. The van der Waals surface area contributed by atoms with Crippen LogP contribution >= 0.6 is 15.8 Å². The minimum atomic E-state index is -1.11. The van der Waals surface area contributed by atoms with Crippen molar-refractivity contribution in [2.24, 2.45) is 0 Å². The standard InChI is InChI=1S/C18H40P2.C6H18NSi2.Rh/c1-15(2,3)19(16(4,5)6)13-14-20(17(7,8)9)18(10,11)12;1-8(2,3)7-9(4,5)6;/h13-14H2,1-12H3;1-6H3;/q;-1;/p+2. The third-order valence-corrected chi connectivity index (χ3v) is 19.5. The van der Waals surface area contributed by atoms with E-state index in [1.807, 2.05) is 0 Å². The first kappa shape index (κ1) is 36.4. The molecule has 0 atom stereocenters. The maximum absolute atomic E-state index is 4.82. The first-order chi connectivity index (χ1) is 12.2. The van der Waals surface area contributed by atoms with Crippen molar-refractivity contribution in [3.8, 4) is 0 Å². The van der Waals surface area contributed by atoms with Gasteiger partial charge in [-0.15, -0.1) is 0 Å². The molecule has 0 spiro atoms. The van der Waals surface area contributed by atoms with E-state index in [0.29, 0.717) is 20.6 Å². The van der Waals surface area contributed by atoms with Gasteiger partial charge < -0.3 is 4.65 Å². The Balaban J connectivity index is -0.000000616. The van der Waals surface area contributed by atoms with E-state index in [1.165, 1.54) is 12.3 Å². The van der Waals surface area contributed by atoms with Gasteiger partial charge in [0.05, 0.1) is 32.9 Å². The number of hydrogen-bond donors (Lipinski definition) is 0. The molecule has 6 heteroatoms. The summed E-state index contributed by atoms with van der Waals surface area (Å²) in [7, 11) is -2.94. The van der Waals surface area contributed by atoms with E-state index >= 15 is 0 Å². The van der Waals surface area contributed by atoms with Gasteiger partial charge in [0.25, 0.3) is 0 Å². The molecule has 0 aliphatic carbocycles. The van der Waals surface area contributed by atoms with Gasteiger partial charge in [-0.2, -0.15) is 0 Å². The zero-order chi connectivity index (χ0) is 24.3. The largest absolute Gasteiger partial charge is 0.668 e. The molecule has 1 radical (unpaired) electrons. The second-order valence-corrected chi connectivity index (χ2v) is 33.4. The molecule has 187 valence electrons. The first-order valence-electron chi connectivity index (χ1n) is 11.7. The van der Waals surface area contributed by atoms with Crippen molar-refractivity contribution in [1.29, 1.82) is 0 Å². The summed E-state index contributed by atoms with van der Waals surface area (Å²) in [6, 6.07) is 0. The fourth-order valence-electron chi connectivity index (χ4n) is 5.01. The Hall–Kier alpha value is 1.88. The van der Waals surface area contributed by atoms with Crippen molar-refractivity contribution in [1.82, 2.24) is 0 Å². The molecule has 0 rings (SSSR count). The van der Waals surface area contributed by atoms with Crippen LogP contribution < -0.4 is 0 Å². The molecule has 0 aromatic rings. The summed E-state index contributed by atoms with van der Waals surface area (Å²) in [5.41, 5.74) is 0. The smallest absolute Gasteiger partial charge is 0.0915 e. The van der Waals surface area contributed by atoms with Crippen LogP contribution in [0.1, 0.15) is 83.1 Å². The van der Waals surface area contributed by atoms with Crippen molar-refractivity contribution in [2.75, 3.05) is 12.3 Å². The molecule has 0 N–H and O–H groups in total. The number of rotatable bonds is 5. The zero-order valence-corrected chi connectivity index (χ0v) is 29.8. The molecular weight excluding hydrogens is 523 g/mol. The first-order valence-corrected chi connectivity index (χ1v) is 22.0. The molecule has 0 aliphatic rings. The van der Waals surface area contributed by atoms with Crippen molar-refractivity contribution in [2.45, 2.75) is 143 Å². The second-order valence-electron chi connectivity index (χ2n) is 14.9. The van der Waals surface area contributed by atoms with Gasteiger partial charge in [0, 0.05) is 35.3 Å². The number of hydrogen-bond acceptors (Lipinski definition) is 0. The summed E-state index contributed by atoms with van der Waals surface area (Å²) in [4.78, 5) is 0. The van der Waals surface area contributed by atoms with Gasteiger partial charge in [0.1, 0.15) is 0 Å². The van der Waals surface area contributed by atoms with Crippen LogP contribution in [-0.4, -0.2) is 49.4 Å². The van der Waals surface area contributed by atoms with E-state index in [-0.39, 0.29) is 35.3 Å². The fourth-order valence-corrected chi connectivity index (χ4v) is 22.6. The van der Waals surface area contributed by atoms with Crippen LogP contribution in [0.2, 0.25) is 39.3 Å². The Morgan fingerprint density at radius 1 is 0.467 bits per heavy atom. The Morgan fingerprint density at radius 3 is 0.700 bits per heavy atom. The molecular formula is C24H60NP2RhSi2+. The van der Waals surface area contributed by atoms with E-state index in [1.54, 1.807) is 0 Å². The van der Waals surface area contributed by atoms with Gasteiger partial charge in [-0.25, -0.2) is 0 Å². The topological polar surface area (TPSA) is 14.1 Å². The Kier molecular flexibility index (Phi) is 15.2. The minimum absolute atomic E-state index is 0. The van der Waals surface area contributed by atoms with Crippen molar-refractivity contribution < 1.29 is 19.5 Å². The summed E-state index contributed by atoms with van der Waals surface area (Å²) in [5, 5.41) is 2.02. The van der Waals surface area contributed by atoms with E-state index in [2.05, 4.69) is 122 Å². The average Bonchev–Trinajstić information content (AvgIpc) is 2.23. The molecule has 0 saturated carbocycles. The third-order valence-electron chi connectivity index (χ3n) is 4.92. The van der Waals surface area contributed by atoms with Gasteiger partial charge in [-0.3, -0.25) is 0 Å². The third kappa shape index (κ3) is 18.3. The second kappa shape index (κ2) is 12.5. The van der Waals surface area contributed by atoms with Gasteiger partial charge in [-0.05, 0) is 83.1 Å². The molecule has 0 aliphatic heterocycles. The molecule has 0 aromatic heterocycles. The molecule has 0 bridgehead atoms. The van der Waals surface area contributed by atoms with Crippen LogP contribution in [0, 0.1) is 0 Å². The van der Waals surface area contributed by atoms with Crippen molar-refractivity contribution >= 4 is 32.3 Å². The van der Waals surface area contributed by atoms with Crippen LogP contribution in [0.4, 0.5) is 0 Å². The molecule has 0 fully saturated rings. The zero-order valence-electron chi connectivity index (χ0n) is 24.2. The molecule has 0 unspecified atom stereocenters. The van der Waals surface area contributed by atoms with Crippen LogP contribution in [0.3, 0.4) is 0 Å². The molecule has 30 heavy (non-hydrogen) atoms. The van der Waals surface area contributed by atoms with Crippen LogP contribution in [-0.2, 0) is 19.5 Å². The Morgan fingerprint density at radius 2 is 0.633 bits per heavy atom. The molecule has 0 saturated heterocycles. The van der Waals surface area contributed by atoms with Gasteiger partial charge in [-0.1, -0.05) is 55.8 Å². The Bertz CT molecular complexity index is 398. The molecule has 0 amide bonds. The number of nitrogens with zero attached hydrogens (tertiary/aromatic N) is 1. The fraction of sp³-hybridized carbons (Fsp3) is 1.00. The summed E-state index contributed by atoms with van der Waals surface area (Å²) < 4.78 is 4.82. The Labute approximate surface area is 210 Å². The van der Waals surface area contributed by atoms with Crippen molar-refractivity contribution in [3.63, 3.8) is 0 Å². The molecule has 1 nitrogen and oxygen atoms in total. The summed E-state index contributed by atoms with van der Waals surface area (Å²) in [6.07, 6.45) is 2.97. The predicted molar refractivity (Wildman–Crippen MR) is 155 cm³/mol. The SMILES string of the molecule is CC(C)(C)[PH+](CC[PH+](C(C)(C)C)C(C)(C)C)C(C)(C)C.C[Si](C)(C)[N-][Si](C)(C)C.[Rh]. The maximum atomic E-state index is 4.82. The van der Waals surface area contributed by atoms with Gasteiger partial charge >= 0.3 is 0 Å². The van der Waals surface area contributed by atoms with E-state index in [0.717, 1.165) is 0 Å². The average molecular weight is 584 g/mol. The monoisotopic (exact) mass is 583 g/mol. The quantitative estimate of drug-likeness (QED) is 0.226. The summed E-state index contributed by atoms with van der Waals surface area (Å²) >= 11 is 0. The van der Waals surface area contributed by atoms with Crippen LogP contribution in [0.15, 0.2) is 0 Å². The van der Waals surface area contributed by atoms with Gasteiger partial charge in [0.15, 0.2) is 0 Å². The molecule has 0 aromatic carbocycles. The minimum Gasteiger partial charge on any atom is -0.668 e. The van der Waals surface area contributed by atoms with Gasteiger partial charge in [0.2, 0.25) is 0 Å². The van der Waals surface area contributed by atoms with E-state index in [4.69, 9.17) is 4.65 Å². The van der Waals surface area contributed by atoms with E-state index in [9.17, 15) is 0 Å². The van der Waals surface area contributed by atoms with Crippen molar-refractivity contribution in [3.05, 3.63) is 4.65 Å². The van der Waals surface area contributed by atoms with Crippen LogP contribution in [0.5, 0.6) is 0 Å². The van der Waals surface area contributed by atoms with Crippen LogP contribution in [0.25, 0.3) is 4.65 Å². The van der Waals surface area contributed by atoms with E-state index < -0.39 is 16.5 Å². The predicted octanol–water partition coefficient (Wildman–Crippen LogP) is 9.64.